The molecule has 0 aliphatic heterocycles. The van der Waals surface area contributed by atoms with Gasteiger partial charge < -0.3 is 10.2 Å². The second-order valence-electron chi connectivity index (χ2n) is 5.79. The van der Waals surface area contributed by atoms with E-state index in [1.54, 1.807) is 0 Å². The van der Waals surface area contributed by atoms with Crippen molar-refractivity contribution in [1.29, 1.82) is 0 Å². The van der Waals surface area contributed by atoms with Gasteiger partial charge in [0.2, 0.25) is 5.43 Å². The first-order chi connectivity index (χ1) is 8.31. The van der Waals surface area contributed by atoms with Crippen molar-refractivity contribution in [3.8, 4) is 0 Å². The normalized spacial score (nSPS) is 11.8. The molecule has 1 aromatic carbocycles. The number of nitrogens with one attached hydrogen (secondary N) is 1. The predicted octanol–water partition coefficient (Wildman–Crippen LogP) is 3.59. The van der Waals surface area contributed by atoms with E-state index in [0.29, 0.717) is 10.2 Å². The molecule has 0 unspecified atom stereocenters. The van der Waals surface area contributed by atoms with E-state index in [4.69, 9.17) is 12.2 Å². The van der Waals surface area contributed by atoms with E-state index in [9.17, 15) is 4.79 Å². The molecule has 1 N–H and O–H groups in total. The maximum absolute atomic E-state index is 11.8. The minimum Gasteiger partial charge on any atom is -0.380 e. The molecule has 18 heavy (non-hydrogen) atoms. The highest BCUT2D eigenvalue weighted by molar-refractivity contribution is 7.71. The third-order valence-corrected chi connectivity index (χ3v) is 3.52. The Kier molecular flexibility index (Phi) is 4.91. The van der Waals surface area contributed by atoms with E-state index in [0.717, 1.165) is 31.7 Å². The summed E-state index contributed by atoms with van der Waals surface area (Å²) in [6, 6.07) is 0. The lowest BCUT2D eigenvalue weighted by Gasteiger charge is -2.27. The molecule has 0 atom stereocenters. The van der Waals surface area contributed by atoms with Crippen molar-refractivity contribution in [2.45, 2.75) is 41.0 Å². The van der Waals surface area contributed by atoms with E-state index in [-0.39, 0.29) is 12.3 Å². The summed E-state index contributed by atoms with van der Waals surface area (Å²) in [5.74, 6) is 0. The lowest BCUT2D eigenvalue weighted by atomic mass is 9.92. The van der Waals surface area contributed by atoms with Crippen LogP contribution in [0.15, 0.2) is 4.79 Å². The van der Waals surface area contributed by atoms with Crippen molar-refractivity contribution in [2.24, 2.45) is 5.41 Å². The van der Waals surface area contributed by atoms with Crippen LogP contribution in [0, 0.1) is 9.93 Å². The highest BCUT2D eigenvalue weighted by Gasteiger charge is 2.21. The van der Waals surface area contributed by atoms with E-state index in [1.807, 2.05) is 0 Å². The Morgan fingerprint density at radius 1 is 1.28 bits per heavy atom. The zero-order valence-electron chi connectivity index (χ0n) is 12.1. The largest absolute Gasteiger partial charge is 0.380 e. The van der Waals surface area contributed by atoms with Crippen LogP contribution in [0.1, 0.15) is 42.5 Å². The summed E-state index contributed by atoms with van der Waals surface area (Å²) in [6.45, 7) is 13.3. The van der Waals surface area contributed by atoms with Gasteiger partial charge in [0.1, 0.15) is 10.2 Å². The van der Waals surface area contributed by atoms with Crippen LogP contribution in [0.2, 0.25) is 0 Å². The average molecular weight is 270 g/mol. The van der Waals surface area contributed by atoms with Gasteiger partial charge in [-0.05, 0) is 25.7 Å². The minimum absolute atomic E-state index is 0. The molecule has 1 rings (SSSR count). The van der Waals surface area contributed by atoms with Crippen molar-refractivity contribution >= 4 is 23.6 Å². The highest BCUT2D eigenvalue weighted by atomic mass is 32.1. The summed E-state index contributed by atoms with van der Waals surface area (Å²) in [6.07, 6.45) is 1.03. The predicted molar refractivity (Wildman–Crippen MR) is 84.2 cm³/mol. The van der Waals surface area contributed by atoms with Crippen molar-refractivity contribution in [3.05, 3.63) is 14.7 Å². The Balaban J connectivity index is 0.00000324. The summed E-state index contributed by atoms with van der Waals surface area (Å²) >= 11 is 5.15. The molecule has 1 aromatic rings. The van der Waals surface area contributed by atoms with Crippen LogP contribution in [-0.2, 0) is 0 Å². The summed E-state index contributed by atoms with van der Waals surface area (Å²) in [5, 5.41) is 3.26. The first-order valence-corrected chi connectivity index (χ1v) is 7.04. The average Bonchev–Trinajstić information content (AvgIpc) is 2.30. The Bertz CT molecular complexity index is 468. The van der Waals surface area contributed by atoms with E-state index in [2.05, 4.69) is 44.8 Å². The van der Waals surface area contributed by atoms with Gasteiger partial charge in [0.25, 0.3) is 0 Å². The van der Waals surface area contributed by atoms with Gasteiger partial charge in [0, 0.05) is 21.1 Å². The summed E-state index contributed by atoms with van der Waals surface area (Å²) in [5.41, 5.74) is 1.93. The molecule has 0 aliphatic rings. The van der Waals surface area contributed by atoms with Crippen LogP contribution >= 0.6 is 12.2 Å². The third kappa shape index (κ3) is 3.31. The number of rotatable bonds is 6. The number of nitrogens with zero attached hydrogens (tertiary/aromatic N) is 1. The number of hydrogen-bond acceptors (Lipinski definition) is 4. The molecular weight excluding hydrogens is 244 g/mol. The van der Waals surface area contributed by atoms with Crippen LogP contribution in [0.4, 0.5) is 11.4 Å². The van der Waals surface area contributed by atoms with Crippen molar-refractivity contribution in [3.63, 3.8) is 0 Å². The molecule has 4 heteroatoms. The van der Waals surface area contributed by atoms with E-state index >= 15 is 0 Å². The Morgan fingerprint density at radius 3 is 2.28 bits per heavy atom. The molecule has 0 aromatic heterocycles. The fraction of sp³-hybridized carbons (Fsp3) is 0.714. The van der Waals surface area contributed by atoms with Gasteiger partial charge >= 0.3 is 0 Å². The molecule has 0 spiro atoms. The van der Waals surface area contributed by atoms with Crippen LogP contribution in [-0.4, -0.2) is 19.6 Å². The molecule has 0 amide bonds. The molecule has 0 aliphatic carbocycles. The molecule has 0 radical (unpaired) electrons. The smallest absolute Gasteiger partial charge is 0.223 e. The molecule has 0 heterocycles. The monoisotopic (exact) mass is 270 g/mol. The van der Waals surface area contributed by atoms with Crippen LogP contribution in [0.3, 0.4) is 0 Å². The van der Waals surface area contributed by atoms with Gasteiger partial charge in [-0.2, -0.15) is 0 Å². The van der Waals surface area contributed by atoms with Gasteiger partial charge in [-0.1, -0.05) is 33.0 Å². The first kappa shape index (κ1) is 15.2. The summed E-state index contributed by atoms with van der Waals surface area (Å²) in [4.78, 5) is 13.9. The lowest BCUT2D eigenvalue weighted by molar-refractivity contribution is 0.389. The second kappa shape index (κ2) is 5.83. The topological polar surface area (TPSA) is 32.3 Å². The van der Waals surface area contributed by atoms with Crippen molar-refractivity contribution in [1.82, 2.24) is 0 Å². The number of anilines is 2. The zero-order valence-corrected chi connectivity index (χ0v) is 12.9. The lowest BCUT2D eigenvalue weighted by Crippen LogP contribution is -2.31. The molecule has 0 bridgehead atoms. The molecule has 0 saturated carbocycles. The molecule has 104 valence electrons. The standard InChI is InChI=1S/C14H24N2OS.H2/c1-6-16(7-2)11-10(12(17)13(11)18)15-9-8-14(3,4)5;/h15H,6-9H2,1-5H3;1H. The Morgan fingerprint density at radius 2 is 1.83 bits per heavy atom. The van der Waals surface area contributed by atoms with E-state index < -0.39 is 0 Å². The quantitative estimate of drug-likeness (QED) is 0.801. The van der Waals surface area contributed by atoms with Gasteiger partial charge in [-0.3, -0.25) is 4.79 Å². The van der Waals surface area contributed by atoms with Crippen molar-refractivity contribution in [2.75, 3.05) is 29.9 Å². The molecule has 3 nitrogen and oxygen atoms in total. The maximum Gasteiger partial charge on any atom is 0.223 e. The van der Waals surface area contributed by atoms with E-state index in [1.165, 1.54) is 0 Å². The van der Waals surface area contributed by atoms with Crippen LogP contribution in [0.25, 0.3) is 0 Å². The Labute approximate surface area is 116 Å². The second-order valence-corrected chi connectivity index (χ2v) is 6.20. The number of hydrogen-bond donors (Lipinski definition) is 1. The summed E-state index contributed by atoms with van der Waals surface area (Å²) < 4.78 is 0.483. The van der Waals surface area contributed by atoms with Crippen molar-refractivity contribution < 1.29 is 1.43 Å². The molecular formula is C14H26N2OS. The fourth-order valence-electron chi connectivity index (χ4n) is 1.95. The fourth-order valence-corrected chi connectivity index (χ4v) is 2.28. The third-order valence-electron chi connectivity index (χ3n) is 3.14. The van der Waals surface area contributed by atoms with Crippen LogP contribution in [0.5, 0.6) is 0 Å². The van der Waals surface area contributed by atoms with Gasteiger partial charge in [-0.15, -0.1) is 0 Å². The van der Waals surface area contributed by atoms with Gasteiger partial charge in [0.05, 0.1) is 5.69 Å². The summed E-state index contributed by atoms with van der Waals surface area (Å²) in [7, 11) is 0. The maximum atomic E-state index is 11.8. The van der Waals surface area contributed by atoms with Gasteiger partial charge in [-0.25, -0.2) is 0 Å². The van der Waals surface area contributed by atoms with Gasteiger partial charge in [0.15, 0.2) is 0 Å². The Hall–Kier alpha value is -0.900. The first-order valence-electron chi connectivity index (χ1n) is 6.64. The SMILES string of the molecule is CCN(CC)c1c(NCCC(C)(C)C)c(=O)c1=S.[HH]. The van der Waals surface area contributed by atoms with Crippen LogP contribution < -0.4 is 15.6 Å². The molecule has 0 saturated heterocycles. The highest BCUT2D eigenvalue weighted by Crippen LogP contribution is 2.28. The molecule has 0 fully saturated rings. The minimum atomic E-state index is 0. The zero-order chi connectivity index (χ0) is 13.9.